The van der Waals surface area contributed by atoms with Crippen molar-refractivity contribution in [3.63, 3.8) is 0 Å². The van der Waals surface area contributed by atoms with E-state index in [0.29, 0.717) is 16.4 Å². The van der Waals surface area contributed by atoms with Gasteiger partial charge < -0.3 is 0 Å². The zero-order valence-corrected chi connectivity index (χ0v) is 10.8. The van der Waals surface area contributed by atoms with Gasteiger partial charge in [0.2, 0.25) is 0 Å². The molecule has 0 heterocycles. The van der Waals surface area contributed by atoms with Crippen molar-refractivity contribution >= 4 is 39.9 Å². The summed E-state index contributed by atoms with van der Waals surface area (Å²) in [6.45, 7) is 0. The summed E-state index contributed by atoms with van der Waals surface area (Å²) in [4.78, 5) is 11.4. The fourth-order valence-corrected chi connectivity index (χ4v) is 1.78. The molecule has 5 heteroatoms. The van der Waals surface area contributed by atoms with Gasteiger partial charge in [-0.1, -0.05) is 41.9 Å². The number of amides is 1. The van der Waals surface area contributed by atoms with E-state index in [4.69, 9.17) is 23.2 Å². The quantitative estimate of drug-likeness (QED) is 0.509. The largest absolute Gasteiger partial charge is 0.339 e. The number of hydrogen-bond donors (Lipinski definition) is 1. The lowest BCUT2D eigenvalue weighted by Gasteiger charge is -2.22. The lowest BCUT2D eigenvalue weighted by atomic mass is 10.3. The minimum absolute atomic E-state index is 0.511. The Labute approximate surface area is 115 Å². The molecule has 0 saturated carbocycles. The van der Waals surface area contributed by atoms with Crippen LogP contribution < -0.4 is 10.4 Å². The molecule has 0 saturated heterocycles. The molecule has 0 aromatic heterocycles. The molecule has 0 bridgehead atoms. The summed E-state index contributed by atoms with van der Waals surface area (Å²) in [5.74, 6) is 0. The summed E-state index contributed by atoms with van der Waals surface area (Å²) in [5, 5.41) is 1.10. The Hall–Kier alpha value is -1.71. The minimum atomic E-state index is -0.638. The Balaban J connectivity index is 2.28. The summed E-state index contributed by atoms with van der Waals surface area (Å²) in [6.07, 6.45) is 0. The standard InChI is InChI=1S/C13H10Cl2N2O/c14-11-8-4-5-9-12(11)16-17(13(15)18)10-6-2-1-3-7-10/h1-9,16H. The van der Waals surface area contributed by atoms with Crippen molar-refractivity contribution in [2.24, 2.45) is 0 Å². The zero-order valence-electron chi connectivity index (χ0n) is 9.31. The zero-order chi connectivity index (χ0) is 13.0. The van der Waals surface area contributed by atoms with Gasteiger partial charge in [0, 0.05) is 0 Å². The smallest absolute Gasteiger partial charge is 0.289 e. The molecule has 0 aliphatic rings. The van der Waals surface area contributed by atoms with Crippen molar-refractivity contribution < 1.29 is 4.79 Å². The van der Waals surface area contributed by atoms with Crippen molar-refractivity contribution in [3.05, 3.63) is 59.6 Å². The molecule has 2 aromatic rings. The molecule has 1 amide bonds. The number of benzene rings is 2. The monoisotopic (exact) mass is 280 g/mol. The third kappa shape index (κ3) is 2.94. The summed E-state index contributed by atoms with van der Waals surface area (Å²) in [7, 11) is 0. The highest BCUT2D eigenvalue weighted by Gasteiger charge is 2.14. The molecular weight excluding hydrogens is 271 g/mol. The Morgan fingerprint density at radius 1 is 1.00 bits per heavy atom. The summed E-state index contributed by atoms with van der Waals surface area (Å²) >= 11 is 11.6. The maximum Gasteiger partial charge on any atom is 0.339 e. The lowest BCUT2D eigenvalue weighted by molar-refractivity contribution is 0.265. The number of carbonyl (C=O) groups is 1. The molecule has 2 rings (SSSR count). The first-order valence-corrected chi connectivity index (χ1v) is 6.00. The number of halogens is 2. The molecule has 0 aliphatic heterocycles. The maximum absolute atomic E-state index is 11.4. The van der Waals surface area contributed by atoms with E-state index in [2.05, 4.69) is 5.43 Å². The van der Waals surface area contributed by atoms with Crippen LogP contribution in [0.1, 0.15) is 0 Å². The van der Waals surface area contributed by atoms with Gasteiger partial charge in [-0.3, -0.25) is 10.2 Å². The van der Waals surface area contributed by atoms with Crippen LogP contribution in [0.15, 0.2) is 54.6 Å². The number of rotatable bonds is 3. The molecule has 0 fully saturated rings. The van der Waals surface area contributed by atoms with Gasteiger partial charge in [-0.25, -0.2) is 5.01 Å². The Bertz CT molecular complexity index is 546. The molecule has 0 atom stereocenters. The van der Waals surface area contributed by atoms with Gasteiger partial charge in [-0.15, -0.1) is 0 Å². The number of anilines is 2. The molecule has 1 N–H and O–H groups in total. The van der Waals surface area contributed by atoms with E-state index in [-0.39, 0.29) is 0 Å². The van der Waals surface area contributed by atoms with Crippen molar-refractivity contribution in [1.82, 2.24) is 0 Å². The highest BCUT2D eigenvalue weighted by atomic mass is 35.5. The summed E-state index contributed by atoms with van der Waals surface area (Å²) in [5.41, 5.74) is 4.13. The van der Waals surface area contributed by atoms with Crippen LogP contribution in [-0.2, 0) is 0 Å². The lowest BCUT2D eigenvalue weighted by Crippen LogP contribution is -2.32. The highest BCUT2D eigenvalue weighted by Crippen LogP contribution is 2.24. The summed E-state index contributed by atoms with van der Waals surface area (Å²) < 4.78 is 0. The van der Waals surface area contributed by atoms with Crippen LogP contribution in [0.2, 0.25) is 5.02 Å². The number of hydrazine groups is 1. The first-order valence-electron chi connectivity index (χ1n) is 5.24. The molecule has 0 unspecified atom stereocenters. The van der Waals surface area contributed by atoms with E-state index >= 15 is 0 Å². The fourth-order valence-electron chi connectivity index (χ4n) is 1.46. The topological polar surface area (TPSA) is 32.3 Å². The third-order valence-corrected chi connectivity index (χ3v) is 2.79. The first-order chi connectivity index (χ1) is 8.68. The number of nitrogens with zero attached hydrogens (tertiary/aromatic N) is 1. The number of para-hydroxylation sites is 2. The van der Waals surface area contributed by atoms with Gasteiger partial charge in [0.15, 0.2) is 0 Å². The van der Waals surface area contributed by atoms with Crippen molar-refractivity contribution in [2.75, 3.05) is 10.4 Å². The number of nitrogens with one attached hydrogen (secondary N) is 1. The van der Waals surface area contributed by atoms with Gasteiger partial charge in [-0.2, -0.15) is 0 Å². The second-order valence-electron chi connectivity index (χ2n) is 3.52. The molecule has 0 spiro atoms. The predicted molar refractivity (Wildman–Crippen MR) is 75.2 cm³/mol. The van der Waals surface area contributed by atoms with Crippen LogP contribution >= 0.6 is 23.2 Å². The van der Waals surface area contributed by atoms with Crippen LogP contribution in [0.4, 0.5) is 16.2 Å². The number of hydrogen-bond acceptors (Lipinski definition) is 2. The molecule has 92 valence electrons. The van der Waals surface area contributed by atoms with Gasteiger partial charge in [-0.05, 0) is 35.9 Å². The average Bonchev–Trinajstić information content (AvgIpc) is 2.38. The Morgan fingerprint density at radius 2 is 1.61 bits per heavy atom. The second kappa shape index (κ2) is 5.76. The normalized spacial score (nSPS) is 9.89. The van der Waals surface area contributed by atoms with E-state index < -0.39 is 5.37 Å². The van der Waals surface area contributed by atoms with Crippen LogP contribution in [-0.4, -0.2) is 5.37 Å². The summed E-state index contributed by atoms with van der Waals surface area (Å²) in [6, 6.07) is 16.1. The molecule has 18 heavy (non-hydrogen) atoms. The van der Waals surface area contributed by atoms with Crippen LogP contribution in [0.25, 0.3) is 0 Å². The second-order valence-corrected chi connectivity index (χ2v) is 4.25. The predicted octanol–water partition coefficient (Wildman–Crippen LogP) is 4.53. The number of carbonyl (C=O) groups excluding carboxylic acids is 1. The van der Waals surface area contributed by atoms with Gasteiger partial charge in [0.1, 0.15) is 0 Å². The fraction of sp³-hybridized carbons (Fsp3) is 0. The maximum atomic E-state index is 11.4. The van der Waals surface area contributed by atoms with Gasteiger partial charge >= 0.3 is 5.37 Å². The van der Waals surface area contributed by atoms with Crippen LogP contribution in [0, 0.1) is 0 Å². The molecule has 0 radical (unpaired) electrons. The van der Waals surface area contributed by atoms with Crippen molar-refractivity contribution in [1.29, 1.82) is 0 Å². The molecule has 3 nitrogen and oxygen atoms in total. The Morgan fingerprint density at radius 3 is 2.22 bits per heavy atom. The van der Waals surface area contributed by atoms with Crippen LogP contribution in [0.3, 0.4) is 0 Å². The highest BCUT2D eigenvalue weighted by molar-refractivity contribution is 6.66. The van der Waals surface area contributed by atoms with Crippen molar-refractivity contribution in [3.8, 4) is 0 Å². The molecule has 2 aromatic carbocycles. The van der Waals surface area contributed by atoms with E-state index in [1.165, 1.54) is 5.01 Å². The van der Waals surface area contributed by atoms with Crippen molar-refractivity contribution in [2.45, 2.75) is 0 Å². The van der Waals surface area contributed by atoms with E-state index in [0.717, 1.165) is 0 Å². The van der Waals surface area contributed by atoms with E-state index in [1.807, 2.05) is 30.3 Å². The minimum Gasteiger partial charge on any atom is -0.289 e. The van der Waals surface area contributed by atoms with E-state index in [9.17, 15) is 4.79 Å². The third-order valence-electron chi connectivity index (χ3n) is 2.30. The van der Waals surface area contributed by atoms with Gasteiger partial charge in [0.05, 0.1) is 16.4 Å². The van der Waals surface area contributed by atoms with Crippen LogP contribution in [0.5, 0.6) is 0 Å². The Kier molecular flexibility index (Phi) is 4.07. The first kappa shape index (κ1) is 12.7. The molecular formula is C13H10Cl2N2O. The average molecular weight is 281 g/mol. The van der Waals surface area contributed by atoms with Gasteiger partial charge in [0.25, 0.3) is 0 Å². The molecule has 0 aliphatic carbocycles. The SMILES string of the molecule is O=C(Cl)N(Nc1ccccc1Cl)c1ccccc1. The van der Waals surface area contributed by atoms with E-state index in [1.54, 1.807) is 24.3 Å².